The summed E-state index contributed by atoms with van der Waals surface area (Å²) in [6, 6.07) is 10.5. The van der Waals surface area contributed by atoms with E-state index >= 15 is 0 Å². The van der Waals surface area contributed by atoms with Gasteiger partial charge in [-0.1, -0.05) is 43.5 Å². The van der Waals surface area contributed by atoms with Crippen LogP contribution >= 0.6 is 0 Å². The van der Waals surface area contributed by atoms with Crippen molar-refractivity contribution in [2.24, 2.45) is 0 Å². The molecule has 0 bridgehead atoms. The van der Waals surface area contributed by atoms with Gasteiger partial charge in [0.25, 0.3) is 11.8 Å². The lowest BCUT2D eigenvalue weighted by molar-refractivity contribution is -0.132. The number of rotatable bonds is 7. The monoisotopic (exact) mass is 466 g/mol. The van der Waals surface area contributed by atoms with Gasteiger partial charge < -0.3 is 9.47 Å². The van der Waals surface area contributed by atoms with Crippen molar-refractivity contribution in [1.82, 2.24) is 10.2 Å². The first-order valence-corrected chi connectivity index (χ1v) is 11.5. The highest BCUT2D eigenvalue weighted by molar-refractivity contribution is 6.31. The van der Waals surface area contributed by atoms with E-state index in [1.54, 1.807) is 36.4 Å². The van der Waals surface area contributed by atoms with Crippen LogP contribution in [0.1, 0.15) is 50.2 Å². The molecule has 2 aromatic carbocycles. The molecular formula is C26H27FN2O5. The van der Waals surface area contributed by atoms with Gasteiger partial charge in [0.1, 0.15) is 18.0 Å². The molecule has 1 aliphatic carbocycles. The Bertz CT molecular complexity index is 1120. The minimum atomic E-state index is -0.722. The van der Waals surface area contributed by atoms with Crippen molar-refractivity contribution >= 4 is 23.9 Å². The average molecular weight is 467 g/mol. The fourth-order valence-electron chi connectivity index (χ4n) is 4.28. The smallest absolute Gasteiger partial charge is 0.331 e. The van der Waals surface area contributed by atoms with E-state index in [2.05, 4.69) is 5.32 Å². The molecule has 7 nitrogen and oxygen atoms in total. The molecule has 2 fully saturated rings. The lowest BCUT2D eigenvalue weighted by Gasteiger charge is -2.35. The number of carbonyl (C=O) groups is 3. The Morgan fingerprint density at radius 3 is 2.53 bits per heavy atom. The Balaban J connectivity index is 1.57. The molecule has 1 saturated heterocycles. The fraction of sp³-hybridized carbons (Fsp3) is 0.346. The van der Waals surface area contributed by atoms with Crippen molar-refractivity contribution < 1.29 is 28.2 Å². The van der Waals surface area contributed by atoms with Crippen LogP contribution < -0.4 is 14.8 Å². The zero-order valence-electron chi connectivity index (χ0n) is 19.0. The molecule has 0 radical (unpaired) electrons. The standard InChI is InChI=1S/C26H27FN2O5/c1-2-33-23-15-17(12-13-22(23)34-16-18-8-6-7-11-21(18)27)14-20-24(30)28-26(32)29(25(20)31)19-9-4-3-5-10-19/h6-8,11-15,19H,2-5,9-10,16H2,1H3,(H,28,30,32)/b20-14-. The number of benzene rings is 2. The summed E-state index contributed by atoms with van der Waals surface area (Å²) >= 11 is 0. The highest BCUT2D eigenvalue weighted by Crippen LogP contribution is 2.31. The van der Waals surface area contributed by atoms with Gasteiger partial charge in [0, 0.05) is 11.6 Å². The van der Waals surface area contributed by atoms with Crippen LogP contribution in [0.2, 0.25) is 0 Å². The molecule has 178 valence electrons. The molecule has 2 aromatic rings. The third-order valence-electron chi connectivity index (χ3n) is 5.99. The van der Waals surface area contributed by atoms with Gasteiger partial charge in [-0.3, -0.25) is 19.8 Å². The molecular weight excluding hydrogens is 439 g/mol. The molecule has 0 aromatic heterocycles. The Labute approximate surface area is 197 Å². The Morgan fingerprint density at radius 2 is 1.79 bits per heavy atom. The van der Waals surface area contributed by atoms with Crippen molar-refractivity contribution in [3.05, 3.63) is 65.0 Å². The van der Waals surface area contributed by atoms with E-state index in [-0.39, 0.29) is 24.0 Å². The molecule has 4 rings (SSSR count). The highest BCUT2D eigenvalue weighted by atomic mass is 19.1. The second-order valence-corrected chi connectivity index (χ2v) is 8.30. The van der Waals surface area contributed by atoms with E-state index in [1.807, 2.05) is 6.92 Å². The number of ether oxygens (including phenoxy) is 2. The zero-order chi connectivity index (χ0) is 24.1. The summed E-state index contributed by atoms with van der Waals surface area (Å²) in [7, 11) is 0. The van der Waals surface area contributed by atoms with Crippen molar-refractivity contribution in [3.63, 3.8) is 0 Å². The molecule has 0 spiro atoms. The lowest BCUT2D eigenvalue weighted by Crippen LogP contribution is -2.58. The molecule has 0 unspecified atom stereocenters. The van der Waals surface area contributed by atoms with E-state index in [0.29, 0.717) is 29.2 Å². The van der Waals surface area contributed by atoms with Crippen LogP contribution in [0.3, 0.4) is 0 Å². The second kappa shape index (κ2) is 10.5. The normalized spacial score (nSPS) is 18.2. The quantitative estimate of drug-likeness (QED) is 0.476. The maximum atomic E-state index is 13.9. The molecule has 0 atom stereocenters. The van der Waals surface area contributed by atoms with Gasteiger partial charge in [-0.15, -0.1) is 0 Å². The summed E-state index contributed by atoms with van der Waals surface area (Å²) in [5.74, 6) is -0.859. The summed E-state index contributed by atoms with van der Waals surface area (Å²) in [6.45, 7) is 2.20. The van der Waals surface area contributed by atoms with Gasteiger partial charge in [0.05, 0.1) is 6.61 Å². The number of barbiturate groups is 1. The van der Waals surface area contributed by atoms with Crippen molar-refractivity contribution in [1.29, 1.82) is 0 Å². The minimum absolute atomic E-state index is 0.0204. The predicted octanol–water partition coefficient (Wildman–Crippen LogP) is 4.60. The first-order chi connectivity index (χ1) is 16.5. The first kappa shape index (κ1) is 23.5. The van der Waals surface area contributed by atoms with E-state index < -0.39 is 17.8 Å². The number of hydrogen-bond donors (Lipinski definition) is 1. The molecule has 8 heteroatoms. The average Bonchev–Trinajstić information content (AvgIpc) is 2.83. The van der Waals surface area contributed by atoms with Gasteiger partial charge in [0.15, 0.2) is 11.5 Å². The molecule has 1 heterocycles. The Kier molecular flexibility index (Phi) is 7.25. The van der Waals surface area contributed by atoms with Gasteiger partial charge in [-0.25, -0.2) is 9.18 Å². The number of halogens is 1. The fourth-order valence-corrected chi connectivity index (χ4v) is 4.28. The lowest BCUT2D eigenvalue weighted by atomic mass is 9.93. The topological polar surface area (TPSA) is 84.9 Å². The van der Waals surface area contributed by atoms with Crippen molar-refractivity contribution in [2.45, 2.75) is 51.7 Å². The maximum Gasteiger partial charge on any atom is 0.331 e. The number of nitrogens with zero attached hydrogens (tertiary/aromatic N) is 1. The number of amides is 4. The summed E-state index contributed by atoms with van der Waals surface area (Å²) in [5, 5.41) is 2.29. The molecule has 1 saturated carbocycles. The molecule has 2 aliphatic rings. The van der Waals surface area contributed by atoms with E-state index in [9.17, 15) is 18.8 Å². The number of carbonyl (C=O) groups excluding carboxylic acids is 3. The first-order valence-electron chi connectivity index (χ1n) is 11.5. The van der Waals surface area contributed by atoms with Gasteiger partial charge >= 0.3 is 6.03 Å². The maximum absolute atomic E-state index is 13.9. The summed E-state index contributed by atoms with van der Waals surface area (Å²) < 4.78 is 25.4. The van der Waals surface area contributed by atoms with Gasteiger partial charge in [-0.2, -0.15) is 0 Å². The highest BCUT2D eigenvalue weighted by Gasteiger charge is 2.40. The molecule has 4 amide bonds. The van der Waals surface area contributed by atoms with Crippen LogP contribution in [0.5, 0.6) is 11.5 Å². The van der Waals surface area contributed by atoms with Crippen LogP contribution in [0, 0.1) is 5.82 Å². The van der Waals surface area contributed by atoms with Crippen LogP contribution in [-0.4, -0.2) is 35.4 Å². The summed E-state index contributed by atoms with van der Waals surface area (Å²) in [4.78, 5) is 39.2. The third-order valence-corrected chi connectivity index (χ3v) is 5.99. The Morgan fingerprint density at radius 1 is 1.03 bits per heavy atom. The van der Waals surface area contributed by atoms with Gasteiger partial charge in [-0.05, 0) is 49.6 Å². The van der Waals surface area contributed by atoms with E-state index in [0.717, 1.165) is 32.1 Å². The van der Waals surface area contributed by atoms with Crippen molar-refractivity contribution in [3.8, 4) is 11.5 Å². The number of nitrogens with one attached hydrogen (secondary N) is 1. The second-order valence-electron chi connectivity index (χ2n) is 8.30. The van der Waals surface area contributed by atoms with Crippen LogP contribution in [0.4, 0.5) is 9.18 Å². The van der Waals surface area contributed by atoms with Crippen LogP contribution in [-0.2, 0) is 16.2 Å². The zero-order valence-corrected chi connectivity index (χ0v) is 19.0. The summed E-state index contributed by atoms with van der Waals surface area (Å²) in [5.41, 5.74) is 0.846. The molecule has 34 heavy (non-hydrogen) atoms. The van der Waals surface area contributed by atoms with Crippen LogP contribution in [0.15, 0.2) is 48.0 Å². The number of hydrogen-bond acceptors (Lipinski definition) is 5. The Hall–Kier alpha value is -3.68. The largest absolute Gasteiger partial charge is 0.490 e. The van der Waals surface area contributed by atoms with E-state index in [1.165, 1.54) is 17.0 Å². The predicted molar refractivity (Wildman–Crippen MR) is 124 cm³/mol. The summed E-state index contributed by atoms with van der Waals surface area (Å²) in [6.07, 6.45) is 5.89. The number of urea groups is 1. The van der Waals surface area contributed by atoms with Crippen molar-refractivity contribution in [2.75, 3.05) is 6.61 Å². The van der Waals surface area contributed by atoms with E-state index in [4.69, 9.17) is 9.47 Å². The molecule has 1 aliphatic heterocycles. The number of imide groups is 2. The molecule has 1 N–H and O–H groups in total. The minimum Gasteiger partial charge on any atom is -0.490 e. The van der Waals surface area contributed by atoms with Gasteiger partial charge in [0.2, 0.25) is 0 Å². The third kappa shape index (κ3) is 5.11. The SMILES string of the molecule is CCOc1cc(/C=C2/C(=O)NC(=O)N(C3CCCCC3)C2=O)ccc1OCc1ccccc1F. The van der Waals surface area contributed by atoms with Crippen LogP contribution in [0.25, 0.3) is 6.08 Å².